The van der Waals surface area contributed by atoms with Gasteiger partial charge in [-0.1, -0.05) is 12.1 Å². The van der Waals surface area contributed by atoms with Crippen molar-refractivity contribution in [2.75, 3.05) is 11.9 Å². The van der Waals surface area contributed by atoms with Crippen molar-refractivity contribution in [1.29, 1.82) is 0 Å². The van der Waals surface area contributed by atoms with Gasteiger partial charge < -0.3 is 29.2 Å². The fourth-order valence-electron chi connectivity index (χ4n) is 4.63. The molecule has 0 saturated heterocycles. The molecule has 0 saturated carbocycles. The van der Waals surface area contributed by atoms with Gasteiger partial charge in [-0.15, -0.1) is 0 Å². The summed E-state index contributed by atoms with van der Waals surface area (Å²) in [6.45, 7) is 1.92. The van der Waals surface area contributed by atoms with Gasteiger partial charge in [-0.05, 0) is 55.8 Å². The molecule has 3 N–H and O–H groups in total. The Morgan fingerprint density at radius 2 is 2.11 bits per heavy atom. The number of Topliss-reactive ketones (excluding diaryl/α,β-unsaturated/α-hetero) is 1. The van der Waals surface area contributed by atoms with Gasteiger partial charge >= 0.3 is 6.16 Å². The Morgan fingerprint density at radius 3 is 2.97 bits per heavy atom. The molecule has 178 valence electrons. The minimum atomic E-state index is -0.794. The number of aromatic nitrogens is 3. The van der Waals surface area contributed by atoms with E-state index in [9.17, 15) is 9.59 Å². The van der Waals surface area contributed by atoms with E-state index < -0.39 is 12.1 Å². The molecule has 3 aromatic heterocycles. The van der Waals surface area contributed by atoms with Crippen LogP contribution in [-0.2, 0) is 9.53 Å². The molecule has 9 nitrogen and oxygen atoms in total. The van der Waals surface area contributed by atoms with Crippen LogP contribution in [0.3, 0.4) is 0 Å². The van der Waals surface area contributed by atoms with Crippen LogP contribution in [0.2, 0.25) is 0 Å². The molecule has 10 heteroatoms. The van der Waals surface area contributed by atoms with Gasteiger partial charge in [0.05, 0.1) is 23.6 Å². The van der Waals surface area contributed by atoms with Crippen LogP contribution in [0.15, 0.2) is 68.5 Å². The highest BCUT2D eigenvalue weighted by atomic mass is 32.2. The summed E-state index contributed by atoms with van der Waals surface area (Å²) in [6, 6.07) is 11.6. The van der Waals surface area contributed by atoms with E-state index in [4.69, 9.17) is 13.9 Å². The number of carbonyl (C=O) groups is 2. The highest BCUT2D eigenvalue weighted by molar-refractivity contribution is 7.99. The number of furan rings is 1. The summed E-state index contributed by atoms with van der Waals surface area (Å²) < 4.78 is 16.5. The summed E-state index contributed by atoms with van der Waals surface area (Å²) in [5, 5.41) is 4.70. The molecule has 0 radical (unpaired) electrons. The lowest BCUT2D eigenvalue weighted by atomic mass is 9.79. The Balaban J connectivity index is 1.35. The van der Waals surface area contributed by atoms with Crippen LogP contribution in [0.4, 0.5) is 10.5 Å². The van der Waals surface area contributed by atoms with E-state index in [1.165, 1.54) is 11.8 Å². The molecule has 6 rings (SSSR count). The molecule has 0 spiro atoms. The highest BCUT2D eigenvalue weighted by Crippen LogP contribution is 2.49. The van der Waals surface area contributed by atoms with Gasteiger partial charge in [0.1, 0.15) is 11.4 Å². The van der Waals surface area contributed by atoms with Crippen molar-refractivity contribution in [3.05, 3.63) is 65.2 Å². The average molecular weight is 491 g/mol. The molecule has 1 unspecified atom stereocenters. The number of para-hydroxylation sites is 2. The number of hydrogen-bond acceptors (Lipinski definition) is 8. The minimum absolute atomic E-state index is 0.0892. The first-order chi connectivity index (χ1) is 17.1. The Kier molecular flexibility index (Phi) is 5.37. The lowest BCUT2D eigenvalue weighted by Gasteiger charge is -2.31. The van der Waals surface area contributed by atoms with Gasteiger partial charge in [0.2, 0.25) is 5.88 Å². The third-order valence-corrected chi connectivity index (χ3v) is 6.91. The number of fused-ring (bicyclic) bond motifs is 2. The monoisotopic (exact) mass is 490 g/mol. The number of benzene rings is 1. The molecular weight excluding hydrogens is 468 g/mol. The lowest BCUT2D eigenvalue weighted by molar-refractivity contribution is -0.116. The summed E-state index contributed by atoms with van der Waals surface area (Å²) in [7, 11) is 0. The van der Waals surface area contributed by atoms with E-state index in [-0.39, 0.29) is 18.3 Å². The van der Waals surface area contributed by atoms with Crippen LogP contribution in [0.25, 0.3) is 11.0 Å². The second kappa shape index (κ2) is 8.70. The number of hydrogen-bond donors (Lipinski definition) is 3. The van der Waals surface area contributed by atoms with Crippen LogP contribution in [0.5, 0.6) is 5.88 Å². The number of rotatable bonds is 5. The molecule has 4 aromatic rings. The first-order valence-electron chi connectivity index (χ1n) is 11.4. The smallest absolute Gasteiger partial charge is 0.453 e. The van der Waals surface area contributed by atoms with E-state index in [1.54, 1.807) is 13.1 Å². The van der Waals surface area contributed by atoms with Crippen LogP contribution in [0, 0.1) is 0 Å². The predicted molar refractivity (Wildman–Crippen MR) is 129 cm³/mol. The summed E-state index contributed by atoms with van der Waals surface area (Å²) in [5.74, 6) is 0.550. The van der Waals surface area contributed by atoms with Crippen LogP contribution in [-0.4, -0.2) is 33.5 Å². The quantitative estimate of drug-likeness (QED) is 0.303. The molecule has 1 aliphatic heterocycles. The molecule has 35 heavy (non-hydrogen) atoms. The zero-order valence-electron chi connectivity index (χ0n) is 18.8. The van der Waals surface area contributed by atoms with Crippen LogP contribution >= 0.6 is 11.8 Å². The van der Waals surface area contributed by atoms with Gasteiger partial charge in [0, 0.05) is 29.5 Å². The van der Waals surface area contributed by atoms with Crippen molar-refractivity contribution in [3.63, 3.8) is 0 Å². The van der Waals surface area contributed by atoms with Gasteiger partial charge in [0.15, 0.2) is 16.0 Å². The Morgan fingerprint density at radius 1 is 1.23 bits per heavy atom. The number of ketones is 1. The van der Waals surface area contributed by atoms with Crippen molar-refractivity contribution in [1.82, 2.24) is 15.0 Å². The molecule has 0 bridgehead atoms. The fourth-order valence-corrected chi connectivity index (χ4v) is 5.40. The number of imidazole rings is 1. The number of nitrogens with one attached hydrogen (secondary N) is 3. The van der Waals surface area contributed by atoms with Crippen molar-refractivity contribution < 1.29 is 23.5 Å². The number of aromatic amines is 2. The summed E-state index contributed by atoms with van der Waals surface area (Å²) >= 11 is 1.39. The van der Waals surface area contributed by atoms with Crippen LogP contribution in [0.1, 0.15) is 43.4 Å². The van der Waals surface area contributed by atoms with Gasteiger partial charge in [0.25, 0.3) is 0 Å². The first-order valence-corrected chi connectivity index (χ1v) is 12.2. The number of H-pyrrole nitrogens is 2. The molecule has 1 aromatic carbocycles. The first kappa shape index (κ1) is 21.6. The number of allylic oxidation sites excluding steroid dienone is 2. The second-order valence-corrected chi connectivity index (χ2v) is 9.27. The standard InChI is InChI=1S/C25H22N4O5S/c1-2-32-25(31)34-23-22-13(12-26-23)20(21-16(27-22)8-5-9-17(21)30)18-10-11-19(33-18)35-24-28-14-6-3-4-7-15(14)29-24/h3-4,6-7,10-12,20,26-27H,2,5,8-9H2,1H3,(H,28,29). The van der Waals surface area contributed by atoms with Gasteiger partial charge in [-0.25, -0.2) is 9.78 Å². The molecule has 1 atom stereocenters. The predicted octanol–water partition coefficient (Wildman–Crippen LogP) is 5.74. The molecule has 4 heterocycles. The second-order valence-electron chi connectivity index (χ2n) is 8.28. The van der Waals surface area contributed by atoms with Gasteiger partial charge in [-0.3, -0.25) is 4.79 Å². The normalized spacial score (nSPS) is 17.2. The molecule has 0 amide bonds. The van der Waals surface area contributed by atoms with E-state index in [0.29, 0.717) is 28.5 Å². The zero-order valence-corrected chi connectivity index (χ0v) is 19.7. The SMILES string of the molecule is CCOC(=O)Oc1[nH]cc2c1NC1=C(C(=O)CCC1)C2c1ccc(Sc2nc3ccccc3[nH]2)o1. The van der Waals surface area contributed by atoms with Crippen molar-refractivity contribution in [2.24, 2.45) is 0 Å². The number of carbonyl (C=O) groups excluding carboxylic acids is 2. The topological polar surface area (TPSA) is 122 Å². The van der Waals surface area contributed by atoms with Crippen molar-refractivity contribution in [2.45, 2.75) is 42.4 Å². The Labute approximate surface area is 204 Å². The van der Waals surface area contributed by atoms with E-state index >= 15 is 0 Å². The Bertz CT molecular complexity index is 1450. The molecule has 1 aliphatic carbocycles. The average Bonchev–Trinajstić information content (AvgIpc) is 3.57. The summed E-state index contributed by atoms with van der Waals surface area (Å²) in [4.78, 5) is 35.8. The number of anilines is 1. The van der Waals surface area contributed by atoms with E-state index in [0.717, 1.165) is 40.3 Å². The number of ether oxygens (including phenoxy) is 2. The number of nitrogens with zero attached hydrogens (tertiary/aromatic N) is 1. The van der Waals surface area contributed by atoms with Crippen molar-refractivity contribution in [3.8, 4) is 5.88 Å². The van der Waals surface area contributed by atoms with Crippen molar-refractivity contribution >= 4 is 40.4 Å². The Hall–Kier alpha value is -3.92. The van der Waals surface area contributed by atoms with E-state index in [1.807, 2.05) is 36.4 Å². The summed E-state index contributed by atoms with van der Waals surface area (Å²) in [5.41, 5.74) is 4.74. The zero-order chi connectivity index (χ0) is 23.9. The highest BCUT2D eigenvalue weighted by Gasteiger charge is 2.39. The summed E-state index contributed by atoms with van der Waals surface area (Å²) in [6.07, 6.45) is 2.92. The maximum Gasteiger partial charge on any atom is 0.515 e. The minimum Gasteiger partial charge on any atom is -0.453 e. The fraction of sp³-hybridized carbons (Fsp3) is 0.240. The third kappa shape index (κ3) is 3.89. The van der Waals surface area contributed by atoms with Gasteiger partial charge in [-0.2, -0.15) is 0 Å². The van der Waals surface area contributed by atoms with E-state index in [2.05, 4.69) is 20.3 Å². The molecular formula is C25H22N4O5S. The third-order valence-electron chi connectivity index (χ3n) is 6.11. The lowest BCUT2D eigenvalue weighted by Crippen LogP contribution is -2.26. The maximum atomic E-state index is 13.0. The molecule has 2 aliphatic rings. The molecule has 0 fully saturated rings. The maximum absolute atomic E-state index is 13.0. The van der Waals surface area contributed by atoms with Crippen LogP contribution < -0.4 is 10.1 Å². The largest absolute Gasteiger partial charge is 0.515 e.